The molecular weight excluding hydrogens is 242 g/mol. The van der Waals surface area contributed by atoms with Gasteiger partial charge in [-0.1, -0.05) is 0 Å². The predicted molar refractivity (Wildman–Crippen MR) is 63.6 cm³/mol. The average molecular weight is 263 g/mol. The van der Waals surface area contributed by atoms with Gasteiger partial charge in [-0.2, -0.15) is 0 Å². The first-order chi connectivity index (χ1) is 8.52. The van der Waals surface area contributed by atoms with Gasteiger partial charge in [0.1, 0.15) is 0 Å². The number of carboxylic acids is 2. The van der Waals surface area contributed by atoms with Crippen molar-refractivity contribution in [1.82, 2.24) is 4.90 Å². The van der Waals surface area contributed by atoms with Gasteiger partial charge in [0, 0.05) is 13.1 Å². The first-order valence-corrected chi connectivity index (χ1v) is 5.80. The van der Waals surface area contributed by atoms with Crippen LogP contribution in [0.15, 0.2) is 0 Å². The van der Waals surface area contributed by atoms with E-state index >= 15 is 0 Å². The lowest BCUT2D eigenvalue weighted by molar-refractivity contribution is -0.139. The van der Waals surface area contributed by atoms with E-state index < -0.39 is 11.9 Å². The Morgan fingerprint density at radius 3 is 1.61 bits per heavy atom. The van der Waals surface area contributed by atoms with E-state index in [4.69, 9.17) is 19.7 Å². The molecule has 0 aliphatic carbocycles. The largest absolute Gasteiger partial charge is 0.481 e. The summed E-state index contributed by atoms with van der Waals surface area (Å²) >= 11 is 0. The van der Waals surface area contributed by atoms with E-state index in [1.54, 1.807) is 0 Å². The minimum atomic E-state index is -0.866. The molecule has 0 aromatic carbocycles. The van der Waals surface area contributed by atoms with Gasteiger partial charge in [0.15, 0.2) is 0 Å². The quantitative estimate of drug-likeness (QED) is 0.475. The molecule has 2 N–H and O–H groups in total. The number of rotatable bonds is 12. The zero-order chi connectivity index (χ0) is 13.8. The molecule has 0 heterocycles. The maximum atomic E-state index is 10.2. The Hall–Kier alpha value is -1.18. The second kappa shape index (κ2) is 10.9. The molecule has 0 rings (SSSR count). The van der Waals surface area contributed by atoms with Crippen LogP contribution >= 0.6 is 0 Å². The minimum absolute atomic E-state index is 0.0159. The molecule has 0 bridgehead atoms. The third-order valence-electron chi connectivity index (χ3n) is 2.16. The molecule has 18 heavy (non-hydrogen) atoms. The van der Waals surface area contributed by atoms with Crippen molar-refractivity contribution < 1.29 is 29.3 Å². The molecule has 7 heteroatoms. The van der Waals surface area contributed by atoms with Crippen molar-refractivity contribution in [2.24, 2.45) is 0 Å². The highest BCUT2D eigenvalue weighted by atomic mass is 16.5. The smallest absolute Gasteiger partial charge is 0.305 e. The molecule has 0 aliphatic rings. The van der Waals surface area contributed by atoms with Gasteiger partial charge >= 0.3 is 11.9 Å². The number of hydrogen-bond donors (Lipinski definition) is 2. The average Bonchev–Trinajstić information content (AvgIpc) is 2.27. The highest BCUT2D eigenvalue weighted by molar-refractivity contribution is 5.66. The third-order valence-corrected chi connectivity index (χ3v) is 2.16. The van der Waals surface area contributed by atoms with Crippen molar-refractivity contribution in [2.45, 2.75) is 12.8 Å². The second-order valence-corrected chi connectivity index (χ2v) is 3.82. The van der Waals surface area contributed by atoms with Crippen LogP contribution in [-0.2, 0) is 19.1 Å². The van der Waals surface area contributed by atoms with Gasteiger partial charge in [0.05, 0.1) is 39.3 Å². The summed E-state index contributed by atoms with van der Waals surface area (Å²) in [6.45, 7) is 2.75. The maximum absolute atomic E-state index is 10.2. The first kappa shape index (κ1) is 16.8. The Bertz CT molecular complexity index is 222. The lowest BCUT2D eigenvalue weighted by Crippen LogP contribution is -2.27. The fraction of sp³-hybridized carbons (Fsp3) is 0.818. The van der Waals surface area contributed by atoms with Gasteiger partial charge in [-0.3, -0.25) is 9.59 Å². The summed E-state index contributed by atoms with van der Waals surface area (Å²) in [4.78, 5) is 22.4. The predicted octanol–water partition coefficient (Wildman–Crippen LogP) is -0.0992. The summed E-state index contributed by atoms with van der Waals surface area (Å²) in [6, 6.07) is 0. The van der Waals surface area contributed by atoms with E-state index in [0.717, 1.165) is 0 Å². The standard InChI is InChI=1S/C11H21NO6/c1-12(4-8-17-6-2-10(13)14)5-9-18-7-3-11(15)16/h2-9H2,1H3,(H,13,14)(H,15,16). The van der Waals surface area contributed by atoms with E-state index in [1.165, 1.54) is 0 Å². The van der Waals surface area contributed by atoms with Crippen LogP contribution in [0.5, 0.6) is 0 Å². The topological polar surface area (TPSA) is 96.3 Å². The molecule has 7 nitrogen and oxygen atoms in total. The summed E-state index contributed by atoms with van der Waals surface area (Å²) in [5, 5.41) is 16.8. The highest BCUT2D eigenvalue weighted by Crippen LogP contribution is 1.88. The highest BCUT2D eigenvalue weighted by Gasteiger charge is 2.01. The maximum Gasteiger partial charge on any atom is 0.305 e. The Morgan fingerprint density at radius 2 is 1.28 bits per heavy atom. The van der Waals surface area contributed by atoms with Gasteiger partial charge < -0.3 is 24.6 Å². The molecular formula is C11H21NO6. The van der Waals surface area contributed by atoms with E-state index in [2.05, 4.69) is 0 Å². The van der Waals surface area contributed by atoms with Crippen LogP contribution < -0.4 is 0 Å². The number of carboxylic acid groups (broad SMARTS) is 2. The van der Waals surface area contributed by atoms with Gasteiger partial charge in [-0.05, 0) is 7.05 Å². The van der Waals surface area contributed by atoms with Crippen molar-refractivity contribution in [3.63, 3.8) is 0 Å². The molecule has 0 fully saturated rings. The zero-order valence-corrected chi connectivity index (χ0v) is 10.6. The fourth-order valence-corrected chi connectivity index (χ4v) is 1.08. The summed E-state index contributed by atoms with van der Waals surface area (Å²) in [5.41, 5.74) is 0. The molecule has 0 spiro atoms. The molecule has 0 aromatic heterocycles. The van der Waals surface area contributed by atoms with Crippen LogP contribution in [-0.4, -0.2) is 73.6 Å². The summed E-state index contributed by atoms with van der Waals surface area (Å²) in [5.74, 6) is -1.73. The number of aliphatic carboxylic acids is 2. The number of likely N-dealkylation sites (N-methyl/N-ethyl adjacent to an activating group) is 1. The molecule has 0 atom stereocenters. The van der Waals surface area contributed by atoms with Crippen LogP contribution in [0.25, 0.3) is 0 Å². The number of carbonyl (C=O) groups is 2. The summed E-state index contributed by atoms with van der Waals surface area (Å²) in [7, 11) is 1.89. The van der Waals surface area contributed by atoms with Gasteiger partial charge in [-0.15, -0.1) is 0 Å². The Labute approximate surface area is 106 Å². The lowest BCUT2D eigenvalue weighted by Gasteiger charge is -2.16. The van der Waals surface area contributed by atoms with Crippen LogP contribution in [0.2, 0.25) is 0 Å². The van der Waals surface area contributed by atoms with Gasteiger partial charge in [0.25, 0.3) is 0 Å². The summed E-state index contributed by atoms with van der Waals surface area (Å²) in [6.07, 6.45) is 0.0318. The number of ether oxygens (including phenoxy) is 2. The molecule has 0 saturated carbocycles. The fourth-order valence-electron chi connectivity index (χ4n) is 1.08. The van der Waals surface area contributed by atoms with Crippen molar-refractivity contribution >= 4 is 11.9 Å². The van der Waals surface area contributed by atoms with Crippen molar-refractivity contribution in [1.29, 1.82) is 0 Å². The van der Waals surface area contributed by atoms with Crippen molar-refractivity contribution in [3.05, 3.63) is 0 Å². The number of hydrogen-bond acceptors (Lipinski definition) is 5. The molecule has 0 amide bonds. The Balaban J connectivity index is 3.24. The first-order valence-electron chi connectivity index (χ1n) is 5.80. The summed E-state index contributed by atoms with van der Waals surface area (Å²) < 4.78 is 10.3. The monoisotopic (exact) mass is 263 g/mol. The normalized spacial score (nSPS) is 10.8. The van der Waals surface area contributed by atoms with Crippen LogP contribution in [0.3, 0.4) is 0 Å². The second-order valence-electron chi connectivity index (χ2n) is 3.82. The van der Waals surface area contributed by atoms with Crippen molar-refractivity contribution in [2.75, 3.05) is 46.6 Å². The molecule has 0 aliphatic heterocycles. The van der Waals surface area contributed by atoms with Crippen molar-refractivity contribution in [3.8, 4) is 0 Å². The number of nitrogens with zero attached hydrogens (tertiary/aromatic N) is 1. The Morgan fingerprint density at radius 1 is 0.889 bits per heavy atom. The van der Waals surface area contributed by atoms with Gasteiger partial charge in [0.2, 0.25) is 0 Å². The molecule has 0 saturated heterocycles. The van der Waals surface area contributed by atoms with Gasteiger partial charge in [-0.25, -0.2) is 0 Å². The van der Waals surface area contributed by atoms with E-state index in [-0.39, 0.29) is 26.1 Å². The minimum Gasteiger partial charge on any atom is -0.481 e. The lowest BCUT2D eigenvalue weighted by atomic mass is 10.4. The van der Waals surface area contributed by atoms with Crippen LogP contribution in [0, 0.1) is 0 Å². The van der Waals surface area contributed by atoms with Crippen LogP contribution in [0.1, 0.15) is 12.8 Å². The molecule has 0 unspecified atom stereocenters. The molecule has 0 aromatic rings. The molecule has 0 radical (unpaired) electrons. The van der Waals surface area contributed by atoms with E-state index in [9.17, 15) is 9.59 Å². The van der Waals surface area contributed by atoms with Crippen LogP contribution in [0.4, 0.5) is 0 Å². The SMILES string of the molecule is CN(CCOCCC(=O)O)CCOCCC(=O)O. The Kier molecular flexibility index (Phi) is 10.2. The van der Waals surface area contributed by atoms with E-state index in [0.29, 0.717) is 26.3 Å². The zero-order valence-electron chi connectivity index (χ0n) is 10.6. The third kappa shape index (κ3) is 12.9. The molecule has 106 valence electrons. The van der Waals surface area contributed by atoms with E-state index in [1.807, 2.05) is 11.9 Å².